The zero-order valence-corrected chi connectivity index (χ0v) is 81.7. The van der Waals surface area contributed by atoms with Crippen LogP contribution in [0.2, 0.25) is 0 Å². The lowest BCUT2D eigenvalue weighted by molar-refractivity contribution is -0.143. The standard InChI is InChI=1S/C15H26BrNO2.C15H25NO3.C15H27NO2.C15H24O4.C14H25NO2.C11H19BrO2.C11H17BrO2/c1-17(2)14(18)12-15(10-6-7-11-19-3)9-5-4-8-13(15)16;1-16(2)13(17)12-15(9-5-3-6-10-15)11-7-4-8-14(18)19;1-16(2)14(17)13-15(9-5-4-6-10-15)11-7-8-12-18-3;1-18-13(16)8-4-7-11-15(12-14(17)19-2)9-5-3-6-10-15;1-15(2)13(17)12-14(10-6-7-11-16)8-4-3-5-9-14;2*1-14-8-3-2-5-9-6-4-7-10(13)11(9)12/h8H,4-7,9-12H2,1-3H3;5,9H,3-4,6-8,10-12H2,1-2H3,(H,18,19);5,9H,4,6-8,10-13H2,1-3H3;5,9H,3-4,6-8,10-12H2,1-2H3;4,8,16H,3,5-7,9-12H2,1-2H3;10,13H,2-8H2,1H3;2-8H2,1H3/t4*15-;14-;10-;/m100000./s1. The number of ether oxygens (including phenoxy) is 6. The summed E-state index contributed by atoms with van der Waals surface area (Å²) in [6.45, 7) is 3.54. The van der Waals surface area contributed by atoms with Gasteiger partial charge in [-0.2, -0.15) is 0 Å². The number of rotatable bonds is 44. The van der Waals surface area contributed by atoms with Gasteiger partial charge in [0.05, 0.1) is 31.2 Å². The van der Waals surface area contributed by atoms with Crippen molar-refractivity contribution < 1.29 is 82.1 Å². The molecule has 0 radical (unpaired) electrons. The summed E-state index contributed by atoms with van der Waals surface area (Å²) < 4.78 is 32.7. The molecule has 0 aromatic carbocycles. The summed E-state index contributed by atoms with van der Waals surface area (Å²) in [7, 11) is 24.3. The van der Waals surface area contributed by atoms with E-state index in [1.165, 1.54) is 49.1 Å². The largest absolute Gasteiger partial charge is 0.481 e. The van der Waals surface area contributed by atoms with Gasteiger partial charge in [-0.05, 0) is 273 Å². The Labute approximate surface area is 751 Å². The summed E-state index contributed by atoms with van der Waals surface area (Å²) in [5.41, 5.74) is 2.77. The van der Waals surface area contributed by atoms with Crippen molar-refractivity contribution in [3.63, 3.8) is 0 Å². The Hall–Kier alpha value is -4.66. The number of halogens is 3. The molecule has 7 aliphatic carbocycles. The Balaban J connectivity index is 0.000000702. The van der Waals surface area contributed by atoms with Crippen molar-refractivity contribution in [2.75, 3.05) is 132 Å². The van der Waals surface area contributed by atoms with E-state index in [1.807, 2.05) is 42.3 Å². The lowest BCUT2D eigenvalue weighted by Crippen LogP contribution is -2.33. The number of carboxylic acids is 1. The number of allylic oxidation sites excluding steroid dienone is 13. The van der Waals surface area contributed by atoms with Gasteiger partial charge in [-0.1, -0.05) is 130 Å². The first-order valence-corrected chi connectivity index (χ1v) is 47.4. The monoisotopic (exact) mass is 1880 g/mol. The highest BCUT2D eigenvalue weighted by atomic mass is 79.9. The van der Waals surface area contributed by atoms with Crippen LogP contribution >= 0.6 is 47.8 Å². The number of carboxylic acid groups (broad SMARTS) is 1. The molecule has 3 N–H and O–H groups in total. The average Bonchev–Trinajstić information content (AvgIpc) is 0.809. The maximum absolute atomic E-state index is 12.1. The maximum Gasteiger partial charge on any atom is 0.306 e. The molecule has 7 aliphatic rings. The Morgan fingerprint density at radius 1 is 0.417 bits per heavy atom. The molecule has 6 atom stereocenters. The first kappa shape index (κ1) is 113. The topological polar surface area (TPSA) is 266 Å². The molecule has 120 heavy (non-hydrogen) atoms. The highest BCUT2D eigenvalue weighted by molar-refractivity contribution is 9.12. The van der Waals surface area contributed by atoms with E-state index in [4.69, 9.17) is 33.9 Å². The lowest BCUT2D eigenvalue weighted by atomic mass is 9.72. The number of unbranched alkanes of at least 4 members (excludes halogenated alkanes) is 7. The molecule has 0 bridgehead atoms. The number of carbonyl (C=O) groups excluding carboxylic acids is 7. The molecule has 0 aromatic heterocycles. The van der Waals surface area contributed by atoms with Crippen LogP contribution in [0, 0.1) is 27.1 Å². The number of esters is 2. The summed E-state index contributed by atoms with van der Waals surface area (Å²) in [6, 6.07) is 0. The van der Waals surface area contributed by atoms with Crippen molar-refractivity contribution in [2.45, 2.75) is 321 Å². The Morgan fingerprint density at radius 3 is 1.17 bits per heavy atom. The van der Waals surface area contributed by atoms with Gasteiger partial charge in [-0.15, -0.1) is 0 Å². The van der Waals surface area contributed by atoms with Gasteiger partial charge in [-0.3, -0.25) is 38.4 Å². The van der Waals surface area contributed by atoms with Crippen LogP contribution in [0.15, 0.2) is 79.3 Å². The molecule has 690 valence electrons. The van der Waals surface area contributed by atoms with Gasteiger partial charge < -0.3 is 63.3 Å². The van der Waals surface area contributed by atoms with Gasteiger partial charge in [0.2, 0.25) is 23.6 Å². The van der Waals surface area contributed by atoms with Crippen LogP contribution in [-0.4, -0.2) is 220 Å². The number of methoxy groups -OCH3 is 6. The molecule has 7 rings (SSSR count). The molecule has 0 aromatic rings. The number of nitrogens with zero attached hydrogens (tertiary/aromatic N) is 4. The van der Waals surface area contributed by atoms with Gasteiger partial charge in [-0.25, -0.2) is 0 Å². The van der Waals surface area contributed by atoms with E-state index >= 15 is 0 Å². The Kier molecular flexibility index (Phi) is 63.0. The second-order valence-corrected chi connectivity index (χ2v) is 37.4. The van der Waals surface area contributed by atoms with Crippen LogP contribution in [0.5, 0.6) is 0 Å². The van der Waals surface area contributed by atoms with Crippen LogP contribution in [0.3, 0.4) is 0 Å². The molecule has 21 nitrogen and oxygen atoms in total. The molecule has 0 saturated heterocycles. The van der Waals surface area contributed by atoms with Crippen LogP contribution in [0.25, 0.3) is 0 Å². The lowest BCUT2D eigenvalue weighted by Gasteiger charge is -2.37. The number of Topliss-reactive ketones (excluding diaryl/α,β-unsaturated/α-hetero) is 1. The van der Waals surface area contributed by atoms with Crippen LogP contribution in [-0.2, 0) is 66.8 Å². The number of aliphatic hydroxyl groups is 2. The normalized spacial score (nSPS) is 22.2. The molecule has 24 heteroatoms. The fraction of sp³-hybridized carbons (Fsp3) is 0.771. The second-order valence-electron chi connectivity index (χ2n) is 34.9. The third kappa shape index (κ3) is 49.3. The minimum Gasteiger partial charge on any atom is -0.481 e. The molecule has 0 unspecified atom stereocenters. The van der Waals surface area contributed by atoms with E-state index in [1.54, 1.807) is 62.1 Å². The molecule has 0 spiro atoms. The summed E-state index contributed by atoms with van der Waals surface area (Å²) >= 11 is 10.6. The van der Waals surface area contributed by atoms with E-state index in [0.29, 0.717) is 51.4 Å². The third-order valence-corrected chi connectivity index (χ3v) is 27.4. The minimum atomic E-state index is -0.738. The SMILES string of the molecule is CN(C)C(=O)C[C@@]1(CCCCC(=O)O)C=CCCC1.CN(C)C(=O)C[C@@]1(CCCCO)C=CCCC1.COC(=O)CCCC[C@]1(CC(=O)OC)C=CCCC1.COCCCCC1=C(Br)C(=O)CCC1.COCCCCC1=C(Br)[C@@H](O)CCC1.COCCCC[C@@]1(CC(=O)N(C)C)CCCC=C1Br.COCCCC[C@]1(CC(=O)N(C)C)C=CCCC1. The fourth-order valence-electron chi connectivity index (χ4n) is 16.6. The molecular formula is C96H163Br3N4O17. The molecule has 0 heterocycles. The van der Waals surface area contributed by atoms with E-state index in [-0.39, 0.29) is 87.6 Å². The van der Waals surface area contributed by atoms with Crippen molar-refractivity contribution in [2.24, 2.45) is 27.1 Å². The quantitative estimate of drug-likeness (QED) is 0.0291. The van der Waals surface area contributed by atoms with Crippen molar-refractivity contribution >= 4 is 95.1 Å². The van der Waals surface area contributed by atoms with E-state index in [0.717, 1.165) is 273 Å². The summed E-state index contributed by atoms with van der Waals surface area (Å²) in [6.07, 6.45) is 67.2. The van der Waals surface area contributed by atoms with Crippen LogP contribution < -0.4 is 0 Å². The highest BCUT2D eigenvalue weighted by Gasteiger charge is 2.39. The fourth-order valence-corrected chi connectivity index (χ4v) is 18.6. The molecule has 0 fully saturated rings. The van der Waals surface area contributed by atoms with Gasteiger partial charge in [0.15, 0.2) is 5.78 Å². The van der Waals surface area contributed by atoms with Crippen molar-refractivity contribution in [1.29, 1.82) is 0 Å². The smallest absolute Gasteiger partial charge is 0.306 e. The molecular weight excluding hydrogens is 1720 g/mol. The Bertz CT molecular complexity index is 3150. The number of hydrogen-bond donors (Lipinski definition) is 3. The van der Waals surface area contributed by atoms with E-state index in [2.05, 4.69) is 107 Å². The van der Waals surface area contributed by atoms with E-state index in [9.17, 15) is 43.5 Å². The van der Waals surface area contributed by atoms with Gasteiger partial charge >= 0.3 is 17.9 Å². The van der Waals surface area contributed by atoms with Gasteiger partial charge in [0, 0.05) is 173 Å². The maximum atomic E-state index is 12.1. The van der Waals surface area contributed by atoms with Gasteiger partial charge in [0.1, 0.15) is 0 Å². The third-order valence-electron chi connectivity index (χ3n) is 24.1. The highest BCUT2D eigenvalue weighted by Crippen LogP contribution is 2.49. The molecule has 0 saturated carbocycles. The first-order valence-electron chi connectivity index (χ1n) is 45.0. The zero-order valence-electron chi connectivity index (χ0n) is 76.9. The Morgan fingerprint density at radius 2 is 0.783 bits per heavy atom. The van der Waals surface area contributed by atoms with Crippen molar-refractivity contribution in [3.8, 4) is 0 Å². The van der Waals surface area contributed by atoms with Crippen LogP contribution in [0.1, 0.15) is 315 Å². The summed E-state index contributed by atoms with van der Waals surface area (Å²) in [5.74, 6) is 0.0499. The van der Waals surface area contributed by atoms with Crippen LogP contribution in [0.4, 0.5) is 0 Å². The number of hydrogen-bond acceptors (Lipinski definition) is 16. The van der Waals surface area contributed by atoms with E-state index < -0.39 is 5.97 Å². The first-order chi connectivity index (χ1) is 57.3. The number of carbonyl (C=O) groups is 8. The average molecular weight is 1890 g/mol. The minimum absolute atomic E-state index is 0.0212. The summed E-state index contributed by atoms with van der Waals surface area (Å²) in [4.78, 5) is 99.1. The second kappa shape index (κ2) is 66.7. The number of aliphatic hydroxyl groups excluding tert-OH is 2. The predicted molar refractivity (Wildman–Crippen MR) is 496 cm³/mol. The number of ketones is 1. The number of aliphatic carboxylic acids is 1. The predicted octanol–water partition coefficient (Wildman–Crippen LogP) is 21.1. The van der Waals surface area contributed by atoms with Gasteiger partial charge in [0.25, 0.3) is 0 Å². The molecule has 0 aliphatic heterocycles. The zero-order chi connectivity index (χ0) is 89.7. The summed E-state index contributed by atoms with van der Waals surface area (Å²) in [5, 5.41) is 27.1. The molecule has 4 amide bonds. The van der Waals surface area contributed by atoms with Crippen molar-refractivity contribution in [1.82, 2.24) is 19.6 Å². The van der Waals surface area contributed by atoms with Crippen molar-refractivity contribution in [3.05, 3.63) is 79.3 Å². The number of amides is 4.